The summed E-state index contributed by atoms with van der Waals surface area (Å²) in [5.41, 5.74) is -0.0584. The number of ether oxygens (including phenoxy) is 1. The van der Waals surface area contributed by atoms with Gasteiger partial charge in [0.2, 0.25) is 5.91 Å². The number of benzene rings is 1. The van der Waals surface area contributed by atoms with Gasteiger partial charge in [-0.1, -0.05) is 23.2 Å². The van der Waals surface area contributed by atoms with E-state index in [0.29, 0.717) is 18.1 Å². The lowest BCUT2D eigenvalue weighted by Gasteiger charge is -2.21. The van der Waals surface area contributed by atoms with Crippen molar-refractivity contribution in [3.05, 3.63) is 27.7 Å². The molecule has 1 amide bonds. The summed E-state index contributed by atoms with van der Waals surface area (Å²) >= 11 is 11.9. The van der Waals surface area contributed by atoms with Gasteiger partial charge in [-0.25, -0.2) is 4.99 Å². The molecule has 1 rings (SSSR count). The molecule has 6 nitrogen and oxygen atoms in total. The molecule has 1 aromatic carbocycles. The van der Waals surface area contributed by atoms with E-state index < -0.39 is 6.61 Å². The Balaban J connectivity index is 2.90. The molecule has 0 bridgehead atoms. The van der Waals surface area contributed by atoms with E-state index in [9.17, 15) is 13.6 Å². The number of aliphatic imine (C=N–C) groups is 1. The Bertz CT molecular complexity index is 680. The van der Waals surface area contributed by atoms with Gasteiger partial charge in [0, 0.05) is 22.7 Å². The van der Waals surface area contributed by atoms with Crippen molar-refractivity contribution >= 4 is 35.1 Å². The number of nitrogens with zero attached hydrogens (tertiary/aromatic N) is 1. The fourth-order valence-corrected chi connectivity index (χ4v) is 2.66. The maximum absolute atomic E-state index is 12.6. The fraction of sp³-hybridized carbons (Fsp3) is 0.529. The van der Waals surface area contributed by atoms with E-state index in [0.717, 1.165) is 0 Å². The van der Waals surface area contributed by atoms with Crippen LogP contribution in [-0.2, 0) is 11.3 Å². The largest absolute Gasteiger partial charge is 0.433 e. The molecule has 0 aliphatic heterocycles. The van der Waals surface area contributed by atoms with Crippen molar-refractivity contribution in [2.75, 3.05) is 13.1 Å². The number of carbonyl (C=O) groups excluding carboxylic acids is 1. The van der Waals surface area contributed by atoms with Crippen molar-refractivity contribution in [1.29, 1.82) is 0 Å². The number of rotatable bonds is 7. The molecule has 0 aromatic heterocycles. The van der Waals surface area contributed by atoms with E-state index in [1.165, 1.54) is 12.1 Å². The molecule has 10 heteroatoms. The summed E-state index contributed by atoms with van der Waals surface area (Å²) in [6.45, 7) is 4.96. The molecular formula is C17H24Cl2F2N4O2. The molecular weight excluding hydrogens is 401 g/mol. The van der Waals surface area contributed by atoms with Gasteiger partial charge < -0.3 is 20.7 Å². The highest BCUT2D eigenvalue weighted by atomic mass is 35.5. The second-order valence-electron chi connectivity index (χ2n) is 6.60. The minimum Gasteiger partial charge on any atom is -0.433 e. The predicted octanol–water partition coefficient (Wildman–Crippen LogP) is 3.56. The fourth-order valence-electron chi connectivity index (χ4n) is 2.08. The average Bonchev–Trinajstić information content (AvgIpc) is 2.51. The number of guanidine groups is 1. The Morgan fingerprint density at radius 2 is 1.93 bits per heavy atom. The normalized spacial score (nSPS) is 12.1. The van der Waals surface area contributed by atoms with Crippen LogP contribution < -0.4 is 20.7 Å². The first kappa shape index (κ1) is 23.2. The molecule has 0 aliphatic rings. The SMILES string of the molecule is CCNC(=NCc1cc(Cl)cc(Cl)c1OC(F)F)NCC(=O)NC(C)(C)C. The van der Waals surface area contributed by atoms with E-state index in [1.54, 1.807) is 0 Å². The van der Waals surface area contributed by atoms with Crippen LogP contribution in [0.3, 0.4) is 0 Å². The molecule has 0 aliphatic carbocycles. The summed E-state index contributed by atoms with van der Waals surface area (Å²) in [5.74, 6) is -0.0533. The van der Waals surface area contributed by atoms with Crippen LogP contribution in [-0.4, -0.2) is 37.1 Å². The van der Waals surface area contributed by atoms with E-state index in [4.69, 9.17) is 23.2 Å². The monoisotopic (exact) mass is 424 g/mol. The number of hydrogen-bond donors (Lipinski definition) is 3. The van der Waals surface area contributed by atoms with Crippen molar-refractivity contribution < 1.29 is 18.3 Å². The topological polar surface area (TPSA) is 74.8 Å². The third kappa shape index (κ3) is 9.10. The zero-order chi connectivity index (χ0) is 20.6. The number of alkyl halides is 2. The molecule has 0 fully saturated rings. The van der Waals surface area contributed by atoms with Gasteiger partial charge in [-0.3, -0.25) is 4.79 Å². The Kier molecular flexibility index (Phi) is 9.05. The second kappa shape index (κ2) is 10.5. The molecule has 1 aromatic rings. The van der Waals surface area contributed by atoms with Crippen molar-refractivity contribution in [3.8, 4) is 5.75 Å². The predicted molar refractivity (Wildman–Crippen MR) is 104 cm³/mol. The Hall–Kier alpha value is -1.80. The van der Waals surface area contributed by atoms with Crippen LogP contribution in [0, 0.1) is 0 Å². The van der Waals surface area contributed by atoms with Crippen LogP contribution >= 0.6 is 23.2 Å². The van der Waals surface area contributed by atoms with E-state index >= 15 is 0 Å². The van der Waals surface area contributed by atoms with E-state index in [-0.39, 0.29) is 40.3 Å². The number of hydrogen-bond acceptors (Lipinski definition) is 3. The third-order valence-electron chi connectivity index (χ3n) is 2.97. The lowest BCUT2D eigenvalue weighted by Crippen LogP contribution is -2.48. The van der Waals surface area contributed by atoms with Crippen LogP contribution in [0.25, 0.3) is 0 Å². The Morgan fingerprint density at radius 3 is 2.48 bits per heavy atom. The summed E-state index contributed by atoms with van der Waals surface area (Å²) in [6, 6.07) is 2.76. The zero-order valence-electron chi connectivity index (χ0n) is 15.6. The van der Waals surface area contributed by atoms with Gasteiger partial charge in [-0.05, 0) is 39.8 Å². The van der Waals surface area contributed by atoms with Crippen molar-refractivity contribution in [3.63, 3.8) is 0 Å². The number of amides is 1. The maximum Gasteiger partial charge on any atom is 0.387 e. The lowest BCUT2D eigenvalue weighted by atomic mass is 10.1. The van der Waals surface area contributed by atoms with Crippen LogP contribution in [0.5, 0.6) is 5.75 Å². The lowest BCUT2D eigenvalue weighted by molar-refractivity contribution is -0.121. The minimum absolute atomic E-state index is 0.000202. The van der Waals surface area contributed by atoms with Crippen LogP contribution in [0.4, 0.5) is 8.78 Å². The van der Waals surface area contributed by atoms with Crippen LogP contribution in [0.2, 0.25) is 10.0 Å². The maximum atomic E-state index is 12.6. The second-order valence-corrected chi connectivity index (χ2v) is 7.44. The summed E-state index contributed by atoms with van der Waals surface area (Å²) in [6.07, 6.45) is 0. The van der Waals surface area contributed by atoms with Crippen molar-refractivity contribution in [1.82, 2.24) is 16.0 Å². The van der Waals surface area contributed by atoms with Gasteiger partial charge in [0.1, 0.15) is 5.75 Å². The molecule has 152 valence electrons. The van der Waals surface area contributed by atoms with Gasteiger partial charge >= 0.3 is 6.61 Å². The molecule has 0 spiro atoms. The van der Waals surface area contributed by atoms with Gasteiger partial charge in [0.25, 0.3) is 0 Å². The molecule has 0 saturated carbocycles. The molecule has 27 heavy (non-hydrogen) atoms. The molecule has 0 saturated heterocycles. The summed E-state index contributed by atoms with van der Waals surface area (Å²) in [5, 5.41) is 8.89. The van der Waals surface area contributed by atoms with Crippen molar-refractivity contribution in [2.45, 2.75) is 46.4 Å². The standard InChI is InChI=1S/C17H24Cl2F2N4O2/c1-5-22-16(24-9-13(26)25-17(2,3)4)23-8-10-6-11(18)7-12(19)14(10)27-15(20)21/h6-7,15H,5,8-9H2,1-4H3,(H,25,26)(H2,22,23,24). The number of halogens is 4. The van der Waals surface area contributed by atoms with E-state index in [1.807, 2.05) is 27.7 Å². The molecule has 0 heterocycles. The van der Waals surface area contributed by atoms with Crippen molar-refractivity contribution in [2.24, 2.45) is 4.99 Å². The average molecular weight is 425 g/mol. The first-order valence-electron chi connectivity index (χ1n) is 8.27. The summed E-state index contributed by atoms with van der Waals surface area (Å²) in [7, 11) is 0. The third-order valence-corrected chi connectivity index (χ3v) is 3.47. The number of nitrogens with one attached hydrogen (secondary N) is 3. The molecule has 0 radical (unpaired) electrons. The highest BCUT2D eigenvalue weighted by Gasteiger charge is 2.16. The smallest absolute Gasteiger partial charge is 0.387 e. The Morgan fingerprint density at radius 1 is 1.26 bits per heavy atom. The van der Waals surface area contributed by atoms with Gasteiger partial charge in [0.15, 0.2) is 5.96 Å². The van der Waals surface area contributed by atoms with Crippen LogP contribution in [0.15, 0.2) is 17.1 Å². The molecule has 3 N–H and O–H groups in total. The Labute approximate surface area is 167 Å². The molecule has 0 unspecified atom stereocenters. The summed E-state index contributed by atoms with van der Waals surface area (Å²) < 4.78 is 29.7. The minimum atomic E-state index is -3.03. The number of carbonyl (C=O) groups is 1. The quantitative estimate of drug-likeness (QED) is 0.461. The first-order chi connectivity index (χ1) is 12.5. The zero-order valence-corrected chi connectivity index (χ0v) is 17.1. The first-order valence-corrected chi connectivity index (χ1v) is 9.03. The summed E-state index contributed by atoms with van der Waals surface area (Å²) in [4.78, 5) is 16.2. The van der Waals surface area contributed by atoms with Gasteiger partial charge in [-0.2, -0.15) is 8.78 Å². The molecule has 0 atom stereocenters. The van der Waals surface area contributed by atoms with E-state index in [2.05, 4.69) is 25.7 Å². The highest BCUT2D eigenvalue weighted by Crippen LogP contribution is 2.34. The van der Waals surface area contributed by atoms with Crippen LogP contribution in [0.1, 0.15) is 33.3 Å². The highest BCUT2D eigenvalue weighted by molar-refractivity contribution is 6.35. The van der Waals surface area contributed by atoms with Gasteiger partial charge in [0.05, 0.1) is 18.1 Å². The van der Waals surface area contributed by atoms with Gasteiger partial charge in [-0.15, -0.1) is 0 Å².